The molecule has 1 saturated carbocycles. The van der Waals surface area contributed by atoms with Crippen molar-refractivity contribution in [2.75, 3.05) is 0 Å². The first-order valence-corrected chi connectivity index (χ1v) is 6.71. The highest BCUT2D eigenvalue weighted by Gasteiger charge is 2.26. The monoisotopic (exact) mass is 295 g/mol. The smallest absolute Gasteiger partial charge is 0.256 e. The largest absolute Gasteiger partial charge is 0.349 e. The number of benzene rings is 1. The van der Waals surface area contributed by atoms with E-state index in [-0.39, 0.29) is 11.9 Å². The number of carbonyl (C=O) groups is 1. The number of carbonyl (C=O) groups excluding carboxylic acids is 1. The van der Waals surface area contributed by atoms with Crippen molar-refractivity contribution in [1.82, 2.24) is 15.1 Å². The van der Waals surface area contributed by atoms with E-state index in [1.54, 1.807) is 18.2 Å². The zero-order chi connectivity index (χ0) is 13.4. The van der Waals surface area contributed by atoms with Gasteiger partial charge in [0.2, 0.25) is 0 Å². The van der Waals surface area contributed by atoms with Crippen molar-refractivity contribution in [2.45, 2.75) is 18.9 Å². The molecule has 19 heavy (non-hydrogen) atoms. The first kappa shape index (κ1) is 12.5. The fraction of sp³-hybridized carbons (Fsp3) is 0.231. The Bertz CT molecular complexity index is 635. The zero-order valence-corrected chi connectivity index (χ0v) is 11.4. The van der Waals surface area contributed by atoms with Crippen LogP contribution in [0.3, 0.4) is 0 Å². The summed E-state index contributed by atoms with van der Waals surface area (Å²) < 4.78 is 1.50. The molecule has 98 valence electrons. The van der Waals surface area contributed by atoms with Gasteiger partial charge in [0.15, 0.2) is 0 Å². The number of nitrogens with zero attached hydrogens (tertiary/aromatic N) is 2. The maximum Gasteiger partial charge on any atom is 0.256 e. The molecule has 2 aromatic rings. The number of hydrogen-bond acceptors (Lipinski definition) is 2. The molecule has 0 saturated heterocycles. The second kappa shape index (κ2) is 4.87. The maximum absolute atomic E-state index is 12.0. The van der Waals surface area contributed by atoms with Crippen molar-refractivity contribution in [3.05, 3.63) is 46.2 Å². The third-order valence-corrected chi connectivity index (χ3v) is 3.52. The summed E-state index contributed by atoms with van der Waals surface area (Å²) in [7, 11) is 0. The quantitative estimate of drug-likeness (QED) is 0.946. The van der Waals surface area contributed by atoms with Gasteiger partial charge in [0.05, 0.1) is 17.4 Å². The molecule has 0 bridgehead atoms. The van der Waals surface area contributed by atoms with Crippen LogP contribution in [0.2, 0.25) is 10.2 Å². The molecule has 1 amide bonds. The number of halogens is 2. The third kappa shape index (κ3) is 2.60. The highest BCUT2D eigenvalue weighted by Crippen LogP contribution is 2.24. The van der Waals surface area contributed by atoms with Gasteiger partial charge in [-0.25, -0.2) is 4.68 Å². The highest BCUT2D eigenvalue weighted by molar-refractivity contribution is 6.33. The number of aromatic nitrogens is 2. The van der Waals surface area contributed by atoms with Crippen LogP contribution in [0.25, 0.3) is 5.69 Å². The van der Waals surface area contributed by atoms with E-state index in [0.29, 0.717) is 15.7 Å². The molecule has 1 aromatic heterocycles. The fourth-order valence-corrected chi connectivity index (χ4v) is 2.22. The summed E-state index contributed by atoms with van der Waals surface area (Å²) in [6.07, 6.45) is 3.54. The molecule has 1 aromatic carbocycles. The van der Waals surface area contributed by atoms with Crippen LogP contribution in [-0.4, -0.2) is 21.7 Å². The molecule has 3 rings (SSSR count). The summed E-state index contributed by atoms with van der Waals surface area (Å²) in [5.41, 5.74) is 1.11. The molecular formula is C13H11Cl2N3O. The van der Waals surface area contributed by atoms with Gasteiger partial charge in [-0.3, -0.25) is 4.79 Å². The molecule has 1 aliphatic carbocycles. The lowest BCUT2D eigenvalue weighted by Crippen LogP contribution is -2.25. The van der Waals surface area contributed by atoms with Crippen LogP contribution in [-0.2, 0) is 0 Å². The van der Waals surface area contributed by atoms with E-state index in [9.17, 15) is 4.79 Å². The number of nitrogens with one attached hydrogen (secondary N) is 1. The van der Waals surface area contributed by atoms with Crippen molar-refractivity contribution in [1.29, 1.82) is 0 Å². The predicted molar refractivity (Wildman–Crippen MR) is 74.1 cm³/mol. The van der Waals surface area contributed by atoms with Gasteiger partial charge in [-0.05, 0) is 31.0 Å². The molecule has 0 unspecified atom stereocenters. The van der Waals surface area contributed by atoms with Crippen molar-refractivity contribution in [3.8, 4) is 5.69 Å². The maximum atomic E-state index is 12.0. The number of rotatable bonds is 3. The Morgan fingerprint density at radius 3 is 2.84 bits per heavy atom. The highest BCUT2D eigenvalue weighted by atomic mass is 35.5. The average Bonchev–Trinajstić information content (AvgIpc) is 3.10. The normalized spacial score (nSPS) is 14.4. The van der Waals surface area contributed by atoms with Gasteiger partial charge < -0.3 is 5.32 Å². The van der Waals surface area contributed by atoms with Gasteiger partial charge >= 0.3 is 0 Å². The molecule has 1 fully saturated rings. The van der Waals surface area contributed by atoms with Gasteiger partial charge in [-0.1, -0.05) is 29.3 Å². The van der Waals surface area contributed by atoms with Crippen LogP contribution in [0.15, 0.2) is 30.5 Å². The van der Waals surface area contributed by atoms with Crippen LogP contribution < -0.4 is 5.32 Å². The molecule has 1 N–H and O–H groups in total. The SMILES string of the molecule is O=C(NC1CC1)c1cnn(-c2cccc(Cl)c2)c1Cl. The molecule has 1 heterocycles. The lowest BCUT2D eigenvalue weighted by Gasteiger charge is -2.04. The lowest BCUT2D eigenvalue weighted by atomic mass is 10.3. The van der Waals surface area contributed by atoms with Crippen LogP contribution in [0, 0.1) is 0 Å². The Morgan fingerprint density at radius 1 is 1.37 bits per heavy atom. The van der Waals surface area contributed by atoms with Gasteiger partial charge in [-0.2, -0.15) is 5.10 Å². The van der Waals surface area contributed by atoms with E-state index in [1.165, 1.54) is 10.9 Å². The van der Waals surface area contributed by atoms with Gasteiger partial charge in [0.25, 0.3) is 5.91 Å². The van der Waals surface area contributed by atoms with Crippen molar-refractivity contribution < 1.29 is 4.79 Å². The minimum absolute atomic E-state index is 0.180. The summed E-state index contributed by atoms with van der Waals surface area (Å²) in [5.74, 6) is -0.180. The average molecular weight is 296 g/mol. The van der Waals surface area contributed by atoms with Crippen LogP contribution in [0.1, 0.15) is 23.2 Å². The van der Waals surface area contributed by atoms with E-state index in [1.807, 2.05) is 6.07 Å². The first-order chi connectivity index (χ1) is 9.15. The second-order valence-corrected chi connectivity index (χ2v) is 5.28. The Labute approximate surface area is 120 Å². The summed E-state index contributed by atoms with van der Waals surface area (Å²) >= 11 is 12.1. The molecule has 1 aliphatic rings. The van der Waals surface area contributed by atoms with E-state index >= 15 is 0 Å². The minimum atomic E-state index is -0.180. The van der Waals surface area contributed by atoms with E-state index < -0.39 is 0 Å². The standard InChI is InChI=1S/C13H11Cl2N3O/c14-8-2-1-3-10(6-8)18-12(15)11(7-16-18)13(19)17-9-4-5-9/h1-3,6-7,9H,4-5H2,(H,17,19). The molecule has 0 atom stereocenters. The van der Waals surface area contributed by atoms with Crippen molar-refractivity contribution >= 4 is 29.1 Å². The topological polar surface area (TPSA) is 46.9 Å². The van der Waals surface area contributed by atoms with Crippen LogP contribution in [0.4, 0.5) is 0 Å². The second-order valence-electron chi connectivity index (χ2n) is 4.49. The molecule has 0 aliphatic heterocycles. The van der Waals surface area contributed by atoms with E-state index in [4.69, 9.17) is 23.2 Å². The fourth-order valence-electron chi connectivity index (χ4n) is 1.76. The van der Waals surface area contributed by atoms with Crippen molar-refractivity contribution in [2.24, 2.45) is 0 Å². The molecule has 0 spiro atoms. The number of amides is 1. The molecular weight excluding hydrogens is 285 g/mol. The van der Waals surface area contributed by atoms with Gasteiger partial charge in [0, 0.05) is 11.1 Å². The van der Waals surface area contributed by atoms with Gasteiger partial charge in [0.1, 0.15) is 5.15 Å². The Balaban J connectivity index is 1.91. The summed E-state index contributed by atoms with van der Waals surface area (Å²) in [6.45, 7) is 0. The number of hydrogen-bond donors (Lipinski definition) is 1. The Morgan fingerprint density at radius 2 is 2.16 bits per heavy atom. The first-order valence-electron chi connectivity index (χ1n) is 5.95. The third-order valence-electron chi connectivity index (χ3n) is 2.92. The summed E-state index contributed by atoms with van der Waals surface area (Å²) in [4.78, 5) is 12.0. The zero-order valence-electron chi connectivity index (χ0n) is 9.94. The molecule has 0 radical (unpaired) electrons. The Kier molecular flexibility index (Phi) is 3.21. The molecule has 4 nitrogen and oxygen atoms in total. The van der Waals surface area contributed by atoms with E-state index in [2.05, 4.69) is 10.4 Å². The Hall–Kier alpha value is -1.52. The predicted octanol–water partition coefficient (Wildman–Crippen LogP) is 3.07. The molecule has 6 heteroatoms. The van der Waals surface area contributed by atoms with Crippen LogP contribution >= 0.6 is 23.2 Å². The van der Waals surface area contributed by atoms with Crippen LogP contribution in [0.5, 0.6) is 0 Å². The van der Waals surface area contributed by atoms with Gasteiger partial charge in [-0.15, -0.1) is 0 Å². The lowest BCUT2D eigenvalue weighted by molar-refractivity contribution is 0.0951. The summed E-state index contributed by atoms with van der Waals surface area (Å²) in [6, 6.07) is 7.43. The van der Waals surface area contributed by atoms with E-state index in [0.717, 1.165) is 18.5 Å². The summed E-state index contributed by atoms with van der Waals surface area (Å²) in [5, 5.41) is 7.91. The minimum Gasteiger partial charge on any atom is -0.349 e. The van der Waals surface area contributed by atoms with Crippen molar-refractivity contribution in [3.63, 3.8) is 0 Å².